The quantitative estimate of drug-likeness (QED) is 0.0324. The summed E-state index contributed by atoms with van der Waals surface area (Å²) in [6.45, 7) is 4.91. The van der Waals surface area contributed by atoms with Crippen molar-refractivity contribution in [3.8, 4) is 0 Å². The van der Waals surface area contributed by atoms with Crippen LogP contribution in [0.3, 0.4) is 0 Å². The summed E-state index contributed by atoms with van der Waals surface area (Å²) in [5, 5.41) is 0. The van der Waals surface area contributed by atoms with Crippen LogP contribution >= 0.6 is 0 Å². The molecule has 4 aliphatic rings. The summed E-state index contributed by atoms with van der Waals surface area (Å²) in [5.41, 5.74) is 1.54. The van der Waals surface area contributed by atoms with E-state index in [0.717, 1.165) is 101 Å². The smallest absolute Gasteiger partial charge is 0.334 e. The molecule has 0 unspecified atom stereocenters. The Kier molecular flexibility index (Phi) is 31.0. The number of unbranched alkanes of at least 4 members (excludes halogenated alkanes) is 14. The number of cyclic esters (lactones) is 2. The van der Waals surface area contributed by atoms with E-state index in [9.17, 15) is 9.59 Å². The molecule has 0 aromatic carbocycles. The fourth-order valence-corrected chi connectivity index (χ4v) is 10.3. The number of methoxy groups -OCH3 is 4. The van der Waals surface area contributed by atoms with Gasteiger partial charge in [0.1, 0.15) is 39.4 Å². The zero-order valence-corrected chi connectivity index (χ0v) is 43.3. The molecule has 0 N–H and O–H groups in total. The summed E-state index contributed by atoms with van der Waals surface area (Å²) in [5.74, 6) is -0.380. The maximum absolute atomic E-state index is 12.0. The third kappa shape index (κ3) is 23.5. The molecule has 10 atom stereocenters. The van der Waals surface area contributed by atoms with Crippen LogP contribution in [0.1, 0.15) is 194 Å². The molecule has 2 fully saturated rings. The first-order chi connectivity index (χ1) is 33.2. The Morgan fingerprint density at radius 2 is 0.765 bits per heavy atom. The molecular formula is C54H94O14. The van der Waals surface area contributed by atoms with Crippen molar-refractivity contribution in [1.82, 2.24) is 0 Å². The van der Waals surface area contributed by atoms with Crippen molar-refractivity contribution in [2.45, 2.75) is 255 Å². The van der Waals surface area contributed by atoms with Crippen LogP contribution in [0.2, 0.25) is 0 Å². The van der Waals surface area contributed by atoms with Gasteiger partial charge in [0.15, 0.2) is 0 Å². The number of hydrogen-bond donors (Lipinski definition) is 0. The van der Waals surface area contributed by atoms with Gasteiger partial charge in [0.2, 0.25) is 0 Å². The van der Waals surface area contributed by atoms with Crippen LogP contribution in [0, 0.1) is 0 Å². The Bertz CT molecular complexity index is 1290. The molecular weight excluding hydrogens is 873 g/mol. The molecule has 4 rings (SSSR count). The molecule has 0 aromatic heterocycles. The Hall–Kier alpha value is -1.98. The van der Waals surface area contributed by atoms with E-state index in [4.69, 9.17) is 56.8 Å². The van der Waals surface area contributed by atoms with Crippen molar-refractivity contribution >= 4 is 11.9 Å². The Morgan fingerprint density at radius 1 is 0.441 bits per heavy atom. The van der Waals surface area contributed by atoms with E-state index in [2.05, 4.69) is 0 Å². The lowest BCUT2D eigenvalue weighted by molar-refractivity contribution is -0.158. The SMILES string of the molecule is COCO[C@H](CCCCCCCCCC[C@@H](OCOC)[C@H]1CC[C@H]([C@H]2CC[C@H]([C@@H](CCCCCCCCCC[C@H](CCC3=C[C@H](C)OC3=O)OCOC)OCOC)O2)O1)CCC1=C[C@H](C)OC1=O. The second-order valence-electron chi connectivity index (χ2n) is 19.7. The Balaban J connectivity index is 1.04. The van der Waals surface area contributed by atoms with Crippen molar-refractivity contribution in [1.29, 1.82) is 0 Å². The number of carbonyl (C=O) groups excluding carboxylic acids is 2. The predicted molar refractivity (Wildman–Crippen MR) is 261 cm³/mol. The summed E-state index contributed by atoms with van der Waals surface area (Å²) in [6.07, 6.45) is 34.1. The fraction of sp³-hybridized carbons (Fsp3) is 0.889. The van der Waals surface area contributed by atoms with Gasteiger partial charge < -0.3 is 56.8 Å². The second-order valence-corrected chi connectivity index (χ2v) is 19.7. The van der Waals surface area contributed by atoms with Crippen LogP contribution in [0.25, 0.3) is 0 Å². The lowest BCUT2D eigenvalue weighted by Crippen LogP contribution is -2.35. The first-order valence-corrected chi connectivity index (χ1v) is 26.8. The zero-order valence-electron chi connectivity index (χ0n) is 43.3. The van der Waals surface area contributed by atoms with Crippen LogP contribution in [0.4, 0.5) is 0 Å². The molecule has 0 amide bonds. The number of ether oxygens (including phenoxy) is 12. The van der Waals surface area contributed by atoms with Gasteiger partial charge in [-0.2, -0.15) is 0 Å². The normalized spacial score (nSPS) is 24.6. The average molecular weight is 967 g/mol. The zero-order chi connectivity index (χ0) is 48.6. The minimum Gasteiger partial charge on any atom is -0.455 e. The minimum atomic E-state index is -0.190. The minimum absolute atomic E-state index is 0.0268. The fourth-order valence-electron chi connectivity index (χ4n) is 10.3. The molecule has 0 aromatic rings. The molecule has 14 heteroatoms. The molecule has 0 aliphatic carbocycles. The molecule has 4 heterocycles. The van der Waals surface area contributed by atoms with Gasteiger partial charge >= 0.3 is 11.9 Å². The third-order valence-electron chi connectivity index (χ3n) is 14.0. The number of rotatable bonds is 43. The molecule has 14 nitrogen and oxygen atoms in total. The molecule has 0 radical (unpaired) electrons. The van der Waals surface area contributed by atoms with Gasteiger partial charge in [-0.15, -0.1) is 0 Å². The van der Waals surface area contributed by atoms with E-state index in [1.54, 1.807) is 28.4 Å². The Labute approximate surface area is 410 Å². The Morgan fingerprint density at radius 3 is 1.09 bits per heavy atom. The molecule has 4 aliphatic heterocycles. The first kappa shape index (κ1) is 58.6. The number of carbonyl (C=O) groups is 2. The largest absolute Gasteiger partial charge is 0.455 e. The van der Waals surface area contributed by atoms with Crippen LogP contribution in [0.5, 0.6) is 0 Å². The van der Waals surface area contributed by atoms with Gasteiger partial charge in [0, 0.05) is 39.6 Å². The lowest BCUT2D eigenvalue weighted by Gasteiger charge is -2.27. The van der Waals surface area contributed by atoms with Crippen LogP contribution < -0.4 is 0 Å². The topological polar surface area (TPSA) is 145 Å². The maximum atomic E-state index is 12.0. The summed E-state index contributed by atoms with van der Waals surface area (Å²) in [4.78, 5) is 24.0. The van der Waals surface area contributed by atoms with Gasteiger partial charge in [0.05, 0.1) is 48.8 Å². The van der Waals surface area contributed by atoms with Crippen molar-refractivity contribution in [2.75, 3.05) is 55.6 Å². The van der Waals surface area contributed by atoms with Gasteiger partial charge in [-0.1, -0.05) is 103 Å². The van der Waals surface area contributed by atoms with E-state index in [-0.39, 0.29) is 100 Å². The standard InChI is InChI=1S/C54H94O14/c1-41-35-43(53(55)65-41)27-29-45(61-37-57-3)23-19-15-11-7-9-13-17-21-25-47(63-39-59-5)49-31-33-51(67-49)52-34-32-50(68-52)48(64-40-60-6)26-22-18-14-10-8-12-16-20-24-46(62-38-58-4)30-28-44-36-42(2)66-54(44)56/h35-36,41-42,45-52H,7-34,37-40H2,1-6H3/t41-,42-,45+,46+,47+,48+,49+,50+,51+,52+/m0/s1. The third-order valence-corrected chi connectivity index (χ3v) is 14.0. The molecule has 0 bridgehead atoms. The van der Waals surface area contributed by atoms with E-state index in [0.29, 0.717) is 12.8 Å². The molecule has 394 valence electrons. The van der Waals surface area contributed by atoms with Crippen LogP contribution in [0.15, 0.2) is 23.3 Å². The van der Waals surface area contributed by atoms with Crippen molar-refractivity contribution in [3.05, 3.63) is 23.3 Å². The van der Waals surface area contributed by atoms with Crippen molar-refractivity contribution < 1.29 is 66.4 Å². The monoisotopic (exact) mass is 967 g/mol. The summed E-state index contributed by atoms with van der Waals surface area (Å²) >= 11 is 0. The summed E-state index contributed by atoms with van der Waals surface area (Å²) in [7, 11) is 6.66. The highest BCUT2D eigenvalue weighted by Gasteiger charge is 2.42. The van der Waals surface area contributed by atoms with E-state index in [1.165, 1.54) is 77.0 Å². The molecule has 0 saturated carbocycles. The first-order valence-electron chi connectivity index (χ1n) is 26.8. The van der Waals surface area contributed by atoms with Crippen molar-refractivity contribution in [3.63, 3.8) is 0 Å². The molecule has 2 saturated heterocycles. The van der Waals surface area contributed by atoms with E-state index in [1.807, 2.05) is 26.0 Å². The molecule has 0 spiro atoms. The summed E-state index contributed by atoms with van der Waals surface area (Å²) < 4.78 is 69.2. The van der Waals surface area contributed by atoms with E-state index < -0.39 is 0 Å². The van der Waals surface area contributed by atoms with Gasteiger partial charge in [-0.05, 0) is 103 Å². The number of esters is 2. The maximum Gasteiger partial charge on any atom is 0.334 e. The van der Waals surface area contributed by atoms with Gasteiger partial charge in [-0.3, -0.25) is 0 Å². The lowest BCUT2D eigenvalue weighted by atomic mass is 9.99. The summed E-state index contributed by atoms with van der Waals surface area (Å²) in [6, 6.07) is 0. The van der Waals surface area contributed by atoms with E-state index >= 15 is 0 Å². The van der Waals surface area contributed by atoms with Crippen LogP contribution in [-0.4, -0.2) is 129 Å². The van der Waals surface area contributed by atoms with Gasteiger partial charge in [0.25, 0.3) is 0 Å². The van der Waals surface area contributed by atoms with Crippen molar-refractivity contribution in [2.24, 2.45) is 0 Å². The highest BCUT2D eigenvalue weighted by atomic mass is 16.7. The average Bonchev–Trinajstić information content (AvgIpc) is 4.15. The highest BCUT2D eigenvalue weighted by Crippen LogP contribution is 2.36. The predicted octanol–water partition coefficient (Wildman–Crippen LogP) is 11.1. The second kappa shape index (κ2) is 36.0. The van der Waals surface area contributed by atoms with Crippen LogP contribution in [-0.2, 0) is 66.4 Å². The molecule has 68 heavy (non-hydrogen) atoms. The number of hydrogen-bond acceptors (Lipinski definition) is 14. The highest BCUT2D eigenvalue weighted by molar-refractivity contribution is 5.91. The van der Waals surface area contributed by atoms with Gasteiger partial charge in [-0.25, -0.2) is 9.59 Å².